The third-order valence-electron chi connectivity index (χ3n) is 6.64. The number of hydrogen-bond acceptors (Lipinski definition) is 7. The molecule has 3 rings (SSSR count). The van der Waals surface area contributed by atoms with E-state index in [4.69, 9.17) is 21.3 Å². The van der Waals surface area contributed by atoms with Gasteiger partial charge < -0.3 is 20.7 Å². The molecule has 3 N–H and O–H groups in total. The first-order chi connectivity index (χ1) is 18.5. The lowest BCUT2D eigenvalue weighted by atomic mass is 9.77. The van der Waals surface area contributed by atoms with E-state index < -0.39 is 11.1 Å². The van der Waals surface area contributed by atoms with Crippen LogP contribution in [0.2, 0.25) is 5.02 Å². The highest BCUT2D eigenvalue weighted by Crippen LogP contribution is 2.36. The standard InChI is InChI=1S/C30H45ClN6O3/c1-19-11-10-12-21(31)25(19)35-24(38)15-29(6,7)18-30(8,9)36-22-16-33-20(2)34-26(22)23-17-32-13-14-37(23)27(39)40-28(3,4)5/h10-12,16,23,32,36H,13-15,17-18H2,1-9H3,(H,35,38). The quantitative estimate of drug-likeness (QED) is 0.342. The Hall–Kier alpha value is -2.91. The molecule has 9 nitrogen and oxygen atoms in total. The average molecular weight is 573 g/mol. The first-order valence-corrected chi connectivity index (χ1v) is 14.2. The van der Waals surface area contributed by atoms with E-state index >= 15 is 0 Å². The lowest BCUT2D eigenvalue weighted by molar-refractivity contribution is -0.118. The molecule has 2 heterocycles. The van der Waals surface area contributed by atoms with Gasteiger partial charge in [0.15, 0.2) is 0 Å². The summed E-state index contributed by atoms with van der Waals surface area (Å²) in [6, 6.07) is 5.24. The Bertz CT molecular complexity index is 1200. The molecular formula is C30H45ClN6O3. The predicted octanol–water partition coefficient (Wildman–Crippen LogP) is 6.26. The van der Waals surface area contributed by atoms with E-state index in [-0.39, 0.29) is 23.5 Å². The molecule has 0 aliphatic carbocycles. The molecule has 1 aliphatic heterocycles. The van der Waals surface area contributed by atoms with E-state index in [2.05, 4.69) is 48.6 Å². The van der Waals surface area contributed by atoms with Gasteiger partial charge in [0.25, 0.3) is 0 Å². The zero-order valence-electron chi connectivity index (χ0n) is 25.4. The van der Waals surface area contributed by atoms with Gasteiger partial charge in [0.2, 0.25) is 5.91 Å². The number of para-hydroxylation sites is 1. The summed E-state index contributed by atoms with van der Waals surface area (Å²) >= 11 is 6.32. The van der Waals surface area contributed by atoms with Crippen LogP contribution >= 0.6 is 11.6 Å². The van der Waals surface area contributed by atoms with Gasteiger partial charge in [-0.2, -0.15) is 0 Å². The van der Waals surface area contributed by atoms with Crippen LogP contribution in [0.1, 0.15) is 84.4 Å². The van der Waals surface area contributed by atoms with Gasteiger partial charge in [-0.25, -0.2) is 14.8 Å². The van der Waals surface area contributed by atoms with Crippen molar-refractivity contribution in [1.29, 1.82) is 0 Å². The second-order valence-electron chi connectivity index (χ2n) is 13.1. The SMILES string of the molecule is Cc1ncc(NC(C)(C)CC(C)(C)CC(=O)Nc2c(C)cccc2Cl)c(C2CNCCN2C(=O)OC(C)(C)C)n1. The largest absolute Gasteiger partial charge is 0.444 e. The van der Waals surface area contributed by atoms with E-state index in [9.17, 15) is 9.59 Å². The number of ether oxygens (including phenoxy) is 1. The van der Waals surface area contributed by atoms with Crippen LogP contribution in [0, 0.1) is 19.3 Å². The van der Waals surface area contributed by atoms with Gasteiger partial charge in [-0.1, -0.05) is 37.6 Å². The molecule has 1 aliphatic rings. The van der Waals surface area contributed by atoms with Gasteiger partial charge in [0, 0.05) is 31.6 Å². The van der Waals surface area contributed by atoms with E-state index in [1.165, 1.54) is 0 Å². The van der Waals surface area contributed by atoms with E-state index in [1.807, 2.05) is 46.8 Å². The Balaban J connectivity index is 1.78. The van der Waals surface area contributed by atoms with Gasteiger partial charge in [0.1, 0.15) is 11.4 Å². The normalized spacial score (nSPS) is 16.4. The summed E-state index contributed by atoms with van der Waals surface area (Å²) in [5.41, 5.74) is 1.71. The molecule has 1 aromatic carbocycles. The van der Waals surface area contributed by atoms with Crippen molar-refractivity contribution in [2.75, 3.05) is 30.3 Å². The number of piperazine rings is 1. The number of nitrogens with one attached hydrogen (secondary N) is 3. The van der Waals surface area contributed by atoms with Crippen molar-refractivity contribution < 1.29 is 14.3 Å². The van der Waals surface area contributed by atoms with Gasteiger partial charge >= 0.3 is 6.09 Å². The highest BCUT2D eigenvalue weighted by molar-refractivity contribution is 6.33. The maximum absolute atomic E-state index is 13.1. The van der Waals surface area contributed by atoms with Crippen LogP contribution in [0.15, 0.2) is 24.4 Å². The first kappa shape index (κ1) is 31.6. The smallest absolute Gasteiger partial charge is 0.410 e. The summed E-state index contributed by atoms with van der Waals surface area (Å²) in [4.78, 5) is 37.1. The van der Waals surface area contributed by atoms with Crippen molar-refractivity contribution in [3.05, 3.63) is 46.5 Å². The van der Waals surface area contributed by atoms with Crippen molar-refractivity contribution in [1.82, 2.24) is 20.2 Å². The number of anilines is 2. The monoisotopic (exact) mass is 572 g/mol. The van der Waals surface area contributed by atoms with Crippen molar-refractivity contribution in [3.8, 4) is 0 Å². The van der Waals surface area contributed by atoms with E-state index in [0.29, 0.717) is 49.0 Å². The number of halogens is 1. The molecule has 40 heavy (non-hydrogen) atoms. The minimum Gasteiger partial charge on any atom is -0.444 e. The summed E-state index contributed by atoms with van der Waals surface area (Å²) < 4.78 is 5.71. The molecule has 10 heteroatoms. The Morgan fingerprint density at radius 3 is 2.50 bits per heavy atom. The van der Waals surface area contributed by atoms with Crippen LogP contribution in [0.3, 0.4) is 0 Å². The maximum Gasteiger partial charge on any atom is 0.410 e. The summed E-state index contributed by atoms with van der Waals surface area (Å²) in [6.07, 6.45) is 2.42. The molecule has 1 aromatic heterocycles. The Morgan fingerprint density at radius 2 is 1.85 bits per heavy atom. The van der Waals surface area contributed by atoms with Crippen molar-refractivity contribution in [3.63, 3.8) is 0 Å². The van der Waals surface area contributed by atoms with Crippen molar-refractivity contribution in [2.45, 2.75) is 92.3 Å². The van der Waals surface area contributed by atoms with Gasteiger partial charge in [-0.15, -0.1) is 0 Å². The fraction of sp³-hybridized carbons (Fsp3) is 0.600. The predicted molar refractivity (Wildman–Crippen MR) is 161 cm³/mol. The van der Waals surface area contributed by atoms with E-state index in [0.717, 1.165) is 16.9 Å². The van der Waals surface area contributed by atoms with Crippen LogP contribution in [-0.4, -0.2) is 57.6 Å². The van der Waals surface area contributed by atoms with Gasteiger partial charge in [-0.05, 0) is 71.9 Å². The van der Waals surface area contributed by atoms with E-state index in [1.54, 1.807) is 17.2 Å². The van der Waals surface area contributed by atoms with Gasteiger partial charge in [-0.3, -0.25) is 9.69 Å². The molecule has 220 valence electrons. The molecule has 1 unspecified atom stereocenters. The van der Waals surface area contributed by atoms with Crippen LogP contribution in [0.25, 0.3) is 0 Å². The number of hydrogen-bond donors (Lipinski definition) is 3. The first-order valence-electron chi connectivity index (χ1n) is 13.8. The zero-order valence-corrected chi connectivity index (χ0v) is 26.1. The van der Waals surface area contributed by atoms with Gasteiger partial charge in [0.05, 0.1) is 34.3 Å². The summed E-state index contributed by atoms with van der Waals surface area (Å²) in [5, 5.41) is 10.5. The molecule has 1 atom stereocenters. The van der Waals surface area contributed by atoms with Crippen LogP contribution in [-0.2, 0) is 9.53 Å². The maximum atomic E-state index is 13.1. The molecule has 0 spiro atoms. The number of rotatable bonds is 8. The average Bonchev–Trinajstić information content (AvgIpc) is 2.80. The molecule has 0 saturated carbocycles. The Kier molecular flexibility index (Phi) is 9.73. The van der Waals surface area contributed by atoms with Crippen molar-refractivity contribution >= 4 is 35.0 Å². The number of aromatic nitrogens is 2. The lowest BCUT2D eigenvalue weighted by Crippen LogP contribution is -2.50. The van der Waals surface area contributed by atoms with Crippen LogP contribution in [0.4, 0.5) is 16.2 Å². The highest BCUT2D eigenvalue weighted by atomic mass is 35.5. The molecule has 0 bridgehead atoms. The third-order valence-corrected chi connectivity index (χ3v) is 6.96. The molecule has 1 saturated heterocycles. The number of carbonyl (C=O) groups excluding carboxylic acids is 2. The van der Waals surface area contributed by atoms with Crippen LogP contribution in [0.5, 0.6) is 0 Å². The molecule has 0 radical (unpaired) electrons. The minimum absolute atomic E-state index is 0.0855. The number of benzene rings is 1. The summed E-state index contributed by atoms with van der Waals surface area (Å²) in [6.45, 7) is 19.5. The lowest BCUT2D eigenvalue weighted by Gasteiger charge is -2.39. The number of carbonyl (C=O) groups is 2. The van der Waals surface area contributed by atoms with Crippen LogP contribution < -0.4 is 16.0 Å². The minimum atomic E-state index is -0.598. The second kappa shape index (κ2) is 12.3. The number of amides is 2. The Labute approximate surface area is 243 Å². The topological polar surface area (TPSA) is 108 Å². The highest BCUT2D eigenvalue weighted by Gasteiger charge is 2.36. The summed E-state index contributed by atoms with van der Waals surface area (Å²) in [7, 11) is 0. The second-order valence-corrected chi connectivity index (χ2v) is 13.5. The molecule has 1 fully saturated rings. The fourth-order valence-electron chi connectivity index (χ4n) is 5.40. The Morgan fingerprint density at radius 1 is 1.15 bits per heavy atom. The molecule has 2 aromatic rings. The fourth-order valence-corrected chi connectivity index (χ4v) is 5.67. The zero-order chi connectivity index (χ0) is 29.9. The summed E-state index contributed by atoms with van der Waals surface area (Å²) in [5.74, 6) is 0.539. The third kappa shape index (κ3) is 8.80. The molecular weight excluding hydrogens is 528 g/mol. The number of aryl methyl sites for hydroxylation is 2. The number of nitrogens with zero attached hydrogens (tertiary/aromatic N) is 3. The van der Waals surface area contributed by atoms with Crippen molar-refractivity contribution in [2.24, 2.45) is 5.41 Å². The molecule has 2 amide bonds.